The van der Waals surface area contributed by atoms with Gasteiger partial charge in [0.1, 0.15) is 11.5 Å². The van der Waals surface area contributed by atoms with Gasteiger partial charge in [-0.25, -0.2) is 0 Å². The molecule has 6 rings (SSSR count). The Bertz CT molecular complexity index is 1460. The Balaban J connectivity index is 1.23. The highest BCUT2D eigenvalue weighted by Gasteiger charge is 2.51. The summed E-state index contributed by atoms with van der Waals surface area (Å²) in [6.07, 6.45) is 5.57. The smallest absolute Gasteiger partial charge is 0.253 e. The van der Waals surface area contributed by atoms with Crippen LogP contribution in [0.15, 0.2) is 41.3 Å². The first-order chi connectivity index (χ1) is 19.3. The Morgan fingerprint density at radius 2 is 1.75 bits per heavy atom. The molecule has 7 heteroatoms. The lowest BCUT2D eigenvalue weighted by molar-refractivity contribution is 0.0480. The summed E-state index contributed by atoms with van der Waals surface area (Å²) in [6.45, 7) is 11.0. The number of hydrogen-bond acceptors (Lipinski definition) is 6. The van der Waals surface area contributed by atoms with E-state index in [1.54, 1.807) is 31.4 Å². The lowest BCUT2D eigenvalue weighted by atomic mass is 9.94. The van der Waals surface area contributed by atoms with Crippen molar-refractivity contribution in [2.45, 2.75) is 58.3 Å². The van der Waals surface area contributed by atoms with Crippen LogP contribution in [0.5, 0.6) is 11.5 Å². The number of rotatable bonds is 7. The Morgan fingerprint density at radius 3 is 2.45 bits per heavy atom. The number of methoxy groups -OCH3 is 2. The van der Waals surface area contributed by atoms with Crippen LogP contribution in [0.1, 0.15) is 46.2 Å². The van der Waals surface area contributed by atoms with Crippen LogP contribution in [0.25, 0.3) is 11.1 Å². The summed E-state index contributed by atoms with van der Waals surface area (Å²) < 4.78 is 13.5. The standard InChI is InChI=1S/C33H42N4O3/c1-22-23(2)32(38)35(3)19-28(22)26-15-30(39-4)29(31(16-26)40-5)20-36-13-14-37(33(21-36)10-11-33)18-25-8-6-7-24-17-34-12-9-27(24)25/h6-8,15-16,19,34H,9-14,17-18,20-21H2,1-5H3. The van der Waals surface area contributed by atoms with Gasteiger partial charge in [0.05, 0.1) is 19.8 Å². The molecule has 0 unspecified atom stereocenters. The molecule has 1 N–H and O–H groups in total. The third kappa shape index (κ3) is 4.84. The number of nitrogens with zero attached hydrogens (tertiary/aromatic N) is 3. The quantitative estimate of drug-likeness (QED) is 0.484. The Morgan fingerprint density at radius 1 is 1.00 bits per heavy atom. The summed E-state index contributed by atoms with van der Waals surface area (Å²) in [6, 6.07) is 11.1. The molecule has 1 saturated heterocycles. The van der Waals surface area contributed by atoms with Crippen LogP contribution in [0.4, 0.5) is 0 Å². The van der Waals surface area contributed by atoms with E-state index in [1.165, 1.54) is 24.0 Å². The SMILES string of the molecule is COc1cc(-c2cn(C)c(=O)c(C)c2C)cc(OC)c1CN1CCN(Cc2cccc3c2CCNC3)C2(CC2)C1. The van der Waals surface area contributed by atoms with Gasteiger partial charge in [0.2, 0.25) is 0 Å². The number of benzene rings is 2. The van der Waals surface area contributed by atoms with Crippen molar-refractivity contribution in [1.29, 1.82) is 0 Å². The zero-order valence-corrected chi connectivity index (χ0v) is 24.6. The molecule has 1 spiro atoms. The average Bonchev–Trinajstić information content (AvgIpc) is 3.74. The normalized spacial score (nSPS) is 18.5. The summed E-state index contributed by atoms with van der Waals surface area (Å²) in [5, 5.41) is 3.52. The monoisotopic (exact) mass is 542 g/mol. The molecule has 3 aliphatic rings. The van der Waals surface area contributed by atoms with E-state index in [0.29, 0.717) is 0 Å². The number of ether oxygens (including phenoxy) is 2. The molecule has 0 bridgehead atoms. The van der Waals surface area contributed by atoms with Crippen molar-refractivity contribution < 1.29 is 9.47 Å². The predicted molar refractivity (Wildman–Crippen MR) is 159 cm³/mol. The molecule has 3 aromatic rings. The van der Waals surface area contributed by atoms with Gasteiger partial charge in [-0.15, -0.1) is 0 Å². The first kappa shape index (κ1) is 27.1. The maximum atomic E-state index is 12.4. The zero-order chi connectivity index (χ0) is 28.0. The lowest BCUT2D eigenvalue weighted by Crippen LogP contribution is -2.54. The second-order valence-electron chi connectivity index (χ2n) is 11.9. The maximum absolute atomic E-state index is 12.4. The van der Waals surface area contributed by atoms with Crippen LogP contribution in [0.2, 0.25) is 0 Å². The largest absolute Gasteiger partial charge is 0.496 e. The molecule has 0 atom stereocenters. The third-order valence-electron chi connectivity index (χ3n) is 9.53. The van der Waals surface area contributed by atoms with Crippen LogP contribution in [-0.2, 0) is 33.1 Å². The van der Waals surface area contributed by atoms with E-state index in [2.05, 4.69) is 45.4 Å². The Labute approximate surface area is 237 Å². The molecule has 2 aromatic carbocycles. The van der Waals surface area contributed by atoms with Crippen molar-refractivity contribution in [2.75, 3.05) is 40.4 Å². The average molecular weight is 543 g/mol. The van der Waals surface area contributed by atoms with Gasteiger partial charge in [-0.2, -0.15) is 0 Å². The van der Waals surface area contributed by atoms with Crippen LogP contribution >= 0.6 is 0 Å². The van der Waals surface area contributed by atoms with E-state index in [1.807, 2.05) is 20.0 Å². The fourth-order valence-electron chi connectivity index (χ4n) is 6.85. The van der Waals surface area contributed by atoms with Crippen molar-refractivity contribution >= 4 is 0 Å². The molecule has 1 aromatic heterocycles. The van der Waals surface area contributed by atoms with E-state index < -0.39 is 0 Å². The first-order valence-electron chi connectivity index (χ1n) is 14.5. The Kier molecular flexibility index (Phi) is 7.23. The highest BCUT2D eigenvalue weighted by atomic mass is 16.5. The summed E-state index contributed by atoms with van der Waals surface area (Å²) >= 11 is 0. The molecular weight excluding hydrogens is 500 g/mol. The van der Waals surface area contributed by atoms with Crippen molar-refractivity contribution in [3.63, 3.8) is 0 Å². The van der Waals surface area contributed by atoms with E-state index in [9.17, 15) is 4.79 Å². The molecule has 212 valence electrons. The van der Waals surface area contributed by atoms with E-state index in [0.717, 1.165) is 91.6 Å². The van der Waals surface area contributed by atoms with Gasteiger partial charge in [-0.1, -0.05) is 18.2 Å². The number of hydrogen-bond donors (Lipinski definition) is 1. The number of nitrogens with one attached hydrogen (secondary N) is 1. The van der Waals surface area contributed by atoms with E-state index >= 15 is 0 Å². The van der Waals surface area contributed by atoms with Crippen LogP contribution in [0.3, 0.4) is 0 Å². The molecule has 2 fully saturated rings. The van der Waals surface area contributed by atoms with E-state index in [4.69, 9.17) is 9.47 Å². The number of pyridine rings is 1. The second kappa shape index (κ2) is 10.7. The molecule has 7 nitrogen and oxygen atoms in total. The summed E-state index contributed by atoms with van der Waals surface area (Å²) in [5.41, 5.74) is 9.72. The topological polar surface area (TPSA) is 59.0 Å². The van der Waals surface area contributed by atoms with Crippen molar-refractivity contribution in [3.05, 3.63) is 80.3 Å². The molecule has 2 aliphatic heterocycles. The van der Waals surface area contributed by atoms with Gasteiger partial charge in [0, 0.05) is 69.2 Å². The minimum absolute atomic E-state index is 0.0362. The summed E-state index contributed by atoms with van der Waals surface area (Å²) in [5.74, 6) is 1.66. The lowest BCUT2D eigenvalue weighted by Gasteiger charge is -2.43. The van der Waals surface area contributed by atoms with Crippen LogP contribution in [0, 0.1) is 13.8 Å². The number of aromatic nitrogens is 1. The molecule has 40 heavy (non-hydrogen) atoms. The predicted octanol–water partition coefficient (Wildman–Crippen LogP) is 4.18. The van der Waals surface area contributed by atoms with Crippen molar-refractivity contribution in [3.8, 4) is 22.6 Å². The maximum Gasteiger partial charge on any atom is 0.253 e. The van der Waals surface area contributed by atoms with Gasteiger partial charge in [-0.3, -0.25) is 14.6 Å². The van der Waals surface area contributed by atoms with E-state index in [-0.39, 0.29) is 11.1 Å². The van der Waals surface area contributed by atoms with Gasteiger partial charge >= 0.3 is 0 Å². The number of piperazine rings is 1. The van der Waals surface area contributed by atoms with Gasteiger partial charge in [-0.05, 0) is 79.6 Å². The zero-order valence-electron chi connectivity index (χ0n) is 24.6. The fraction of sp³-hybridized carbons (Fsp3) is 0.485. The van der Waals surface area contributed by atoms with Crippen molar-refractivity contribution in [2.24, 2.45) is 7.05 Å². The second-order valence-corrected chi connectivity index (χ2v) is 11.9. The van der Waals surface area contributed by atoms with Crippen LogP contribution in [-0.4, -0.2) is 60.3 Å². The summed E-state index contributed by atoms with van der Waals surface area (Å²) in [7, 11) is 5.27. The number of fused-ring (bicyclic) bond motifs is 1. The Hall–Kier alpha value is -3.13. The van der Waals surface area contributed by atoms with Gasteiger partial charge < -0.3 is 19.4 Å². The molecule has 0 amide bonds. The highest BCUT2D eigenvalue weighted by molar-refractivity contribution is 5.72. The highest BCUT2D eigenvalue weighted by Crippen LogP contribution is 2.46. The van der Waals surface area contributed by atoms with Crippen molar-refractivity contribution in [1.82, 2.24) is 19.7 Å². The number of aryl methyl sites for hydroxylation is 1. The molecule has 1 aliphatic carbocycles. The minimum atomic E-state index is 0.0362. The first-order valence-corrected chi connectivity index (χ1v) is 14.5. The molecule has 3 heterocycles. The molecular formula is C33H42N4O3. The van der Waals surface area contributed by atoms with Gasteiger partial charge in [0.15, 0.2) is 0 Å². The summed E-state index contributed by atoms with van der Waals surface area (Å²) in [4.78, 5) is 17.8. The minimum Gasteiger partial charge on any atom is -0.496 e. The van der Waals surface area contributed by atoms with Gasteiger partial charge in [0.25, 0.3) is 5.56 Å². The molecule has 0 radical (unpaired) electrons. The molecule has 1 saturated carbocycles. The van der Waals surface area contributed by atoms with Crippen LogP contribution < -0.4 is 20.3 Å². The third-order valence-corrected chi connectivity index (χ3v) is 9.53. The fourth-order valence-corrected chi connectivity index (χ4v) is 6.85.